The normalized spacial score (nSPS) is 16.2. The van der Waals surface area contributed by atoms with Crippen LogP contribution < -0.4 is 14.8 Å². The van der Waals surface area contributed by atoms with E-state index in [4.69, 9.17) is 9.47 Å². The van der Waals surface area contributed by atoms with Crippen molar-refractivity contribution in [2.75, 3.05) is 39.9 Å². The van der Waals surface area contributed by atoms with Gasteiger partial charge in [0.15, 0.2) is 11.5 Å². The predicted molar refractivity (Wildman–Crippen MR) is 142 cm³/mol. The van der Waals surface area contributed by atoms with Crippen LogP contribution in [0.1, 0.15) is 45.7 Å². The molecule has 0 saturated carbocycles. The third-order valence-corrected chi connectivity index (χ3v) is 5.99. The number of hydrogen-bond acceptors (Lipinski definition) is 6. The molecule has 2 aliphatic rings. The molecule has 3 rings (SSSR count). The van der Waals surface area contributed by atoms with Gasteiger partial charge >= 0.3 is 0 Å². The number of piperidine rings is 1. The first-order valence-corrected chi connectivity index (χ1v) is 12.7. The zero-order valence-corrected chi connectivity index (χ0v) is 21.9. The van der Waals surface area contributed by atoms with Crippen LogP contribution in [0, 0.1) is 0 Å². The van der Waals surface area contributed by atoms with E-state index in [0.29, 0.717) is 38.1 Å². The molecule has 0 atom stereocenters. The second kappa shape index (κ2) is 15.0. The van der Waals surface area contributed by atoms with Crippen LogP contribution in [0.2, 0.25) is 0 Å². The Hall–Kier alpha value is -3.06. The number of nitrogens with one attached hydrogen (secondary N) is 1. The lowest BCUT2D eigenvalue weighted by atomic mass is 10.0. The fraction of sp³-hybridized carbons (Fsp3) is 0.500. The SMILES string of the molecule is C=C/C=C(CC)\C(=C/C=C)N(C)CC(=O)N1CCC(NCc2cc3c(cn2)OCCO3)CC1.CC. The Kier molecular flexibility index (Phi) is 12.1. The lowest BCUT2D eigenvalue weighted by molar-refractivity contribution is -0.132. The Labute approximate surface area is 211 Å². The summed E-state index contributed by atoms with van der Waals surface area (Å²) in [6.07, 6.45) is 11.9. The van der Waals surface area contributed by atoms with Crippen molar-refractivity contribution in [3.63, 3.8) is 0 Å². The number of carbonyl (C=O) groups excluding carboxylic acids is 1. The van der Waals surface area contributed by atoms with E-state index in [1.165, 1.54) is 0 Å². The number of aromatic nitrogens is 1. The van der Waals surface area contributed by atoms with E-state index in [-0.39, 0.29) is 5.91 Å². The van der Waals surface area contributed by atoms with Gasteiger partial charge in [-0.25, -0.2) is 0 Å². The molecule has 0 bridgehead atoms. The second-order valence-corrected chi connectivity index (χ2v) is 8.28. The maximum absolute atomic E-state index is 12.9. The first kappa shape index (κ1) is 28.2. The van der Waals surface area contributed by atoms with Crippen molar-refractivity contribution in [3.8, 4) is 11.5 Å². The van der Waals surface area contributed by atoms with Crippen LogP contribution in [0.4, 0.5) is 0 Å². The monoisotopic (exact) mass is 482 g/mol. The standard InChI is InChI=1S/C26H36N4O3.C2H6/c1-5-8-20(7-3)23(9-6-2)29(4)19-26(31)30-12-10-21(11-13-30)27-17-22-16-24-25(18-28-22)33-15-14-32-24;1-2/h5-6,8-9,16,18,21,27H,1-2,7,10-15,17,19H2,3-4H3;1-2H3/b20-8-,23-9+;. The fourth-order valence-corrected chi connectivity index (χ4v) is 4.17. The van der Waals surface area contributed by atoms with E-state index in [1.807, 2.05) is 48.9 Å². The van der Waals surface area contributed by atoms with Gasteiger partial charge in [0.25, 0.3) is 0 Å². The predicted octanol–water partition coefficient (Wildman–Crippen LogP) is 4.48. The van der Waals surface area contributed by atoms with E-state index >= 15 is 0 Å². The number of ether oxygens (including phenoxy) is 2. The molecule has 3 heterocycles. The van der Waals surface area contributed by atoms with Gasteiger partial charge in [0.2, 0.25) is 5.91 Å². The maximum Gasteiger partial charge on any atom is 0.242 e. The average Bonchev–Trinajstić information content (AvgIpc) is 2.90. The van der Waals surface area contributed by atoms with Crippen LogP contribution >= 0.6 is 0 Å². The molecule has 1 aromatic heterocycles. The summed E-state index contributed by atoms with van der Waals surface area (Å²) >= 11 is 0. The molecule has 0 aromatic carbocycles. The van der Waals surface area contributed by atoms with Crippen molar-refractivity contribution < 1.29 is 14.3 Å². The maximum atomic E-state index is 12.9. The Balaban J connectivity index is 0.00000210. The van der Waals surface area contributed by atoms with Gasteiger partial charge in [-0.1, -0.05) is 52.2 Å². The summed E-state index contributed by atoms with van der Waals surface area (Å²) in [6.45, 7) is 17.4. The van der Waals surface area contributed by atoms with Crippen LogP contribution in [0.5, 0.6) is 11.5 Å². The highest BCUT2D eigenvalue weighted by molar-refractivity contribution is 5.78. The number of carbonyl (C=O) groups is 1. The Morgan fingerprint density at radius 2 is 1.83 bits per heavy atom. The number of amides is 1. The van der Waals surface area contributed by atoms with E-state index in [0.717, 1.165) is 55.1 Å². The number of hydrogen-bond donors (Lipinski definition) is 1. The zero-order chi connectivity index (χ0) is 25.6. The lowest BCUT2D eigenvalue weighted by Gasteiger charge is -2.34. The fourth-order valence-electron chi connectivity index (χ4n) is 4.17. The van der Waals surface area contributed by atoms with Gasteiger partial charge in [-0.05, 0) is 30.9 Å². The molecule has 1 saturated heterocycles. The number of fused-ring (bicyclic) bond motifs is 1. The summed E-state index contributed by atoms with van der Waals surface area (Å²) in [5, 5.41) is 3.57. The highest BCUT2D eigenvalue weighted by atomic mass is 16.6. The third kappa shape index (κ3) is 8.28. The molecular formula is C28H42N4O3. The number of likely N-dealkylation sites (N-methyl/N-ethyl adjacent to an activating group) is 1. The van der Waals surface area contributed by atoms with Crippen molar-refractivity contribution in [1.29, 1.82) is 0 Å². The van der Waals surface area contributed by atoms with Crippen molar-refractivity contribution in [1.82, 2.24) is 20.1 Å². The molecule has 192 valence electrons. The summed E-state index contributed by atoms with van der Waals surface area (Å²) in [5.41, 5.74) is 3.07. The minimum Gasteiger partial charge on any atom is -0.486 e. The van der Waals surface area contributed by atoms with Gasteiger partial charge in [0.1, 0.15) is 13.2 Å². The summed E-state index contributed by atoms with van der Waals surface area (Å²) in [5.74, 6) is 1.61. The highest BCUT2D eigenvalue weighted by Crippen LogP contribution is 2.29. The van der Waals surface area contributed by atoms with Gasteiger partial charge in [0.05, 0.1) is 18.4 Å². The van der Waals surface area contributed by atoms with Crippen molar-refractivity contribution in [3.05, 3.63) is 66.7 Å². The van der Waals surface area contributed by atoms with E-state index in [2.05, 4.69) is 30.4 Å². The molecule has 7 heteroatoms. The first-order chi connectivity index (χ1) is 17.0. The first-order valence-electron chi connectivity index (χ1n) is 12.7. The molecular weight excluding hydrogens is 440 g/mol. The number of nitrogens with zero attached hydrogens (tertiary/aromatic N) is 3. The summed E-state index contributed by atoms with van der Waals surface area (Å²) in [6, 6.07) is 2.30. The Bertz CT molecular complexity index is 901. The quantitative estimate of drug-likeness (QED) is 0.496. The molecule has 35 heavy (non-hydrogen) atoms. The summed E-state index contributed by atoms with van der Waals surface area (Å²) in [7, 11) is 1.95. The number of allylic oxidation sites excluding steroid dienone is 5. The Morgan fingerprint density at radius 3 is 2.46 bits per heavy atom. The highest BCUT2D eigenvalue weighted by Gasteiger charge is 2.24. The third-order valence-electron chi connectivity index (χ3n) is 5.99. The lowest BCUT2D eigenvalue weighted by Crippen LogP contribution is -2.47. The van der Waals surface area contributed by atoms with Gasteiger partial charge in [-0.15, -0.1) is 0 Å². The van der Waals surface area contributed by atoms with Gasteiger partial charge in [-0.2, -0.15) is 0 Å². The largest absolute Gasteiger partial charge is 0.486 e. The second-order valence-electron chi connectivity index (χ2n) is 8.28. The van der Waals surface area contributed by atoms with E-state index < -0.39 is 0 Å². The molecule has 0 spiro atoms. The van der Waals surface area contributed by atoms with Crippen LogP contribution in [-0.2, 0) is 11.3 Å². The van der Waals surface area contributed by atoms with Crippen molar-refractivity contribution in [2.45, 2.75) is 52.6 Å². The van der Waals surface area contributed by atoms with Crippen LogP contribution in [0.3, 0.4) is 0 Å². The van der Waals surface area contributed by atoms with E-state index in [9.17, 15) is 4.79 Å². The van der Waals surface area contributed by atoms with Crippen molar-refractivity contribution >= 4 is 5.91 Å². The number of likely N-dealkylation sites (tertiary alicyclic amines) is 1. The van der Waals surface area contributed by atoms with E-state index in [1.54, 1.807) is 18.3 Å². The van der Waals surface area contributed by atoms with Gasteiger partial charge in [-0.3, -0.25) is 9.78 Å². The smallest absolute Gasteiger partial charge is 0.242 e. The van der Waals surface area contributed by atoms with Crippen molar-refractivity contribution in [2.24, 2.45) is 0 Å². The molecule has 1 fully saturated rings. The Morgan fingerprint density at radius 1 is 1.17 bits per heavy atom. The summed E-state index contributed by atoms with van der Waals surface area (Å²) < 4.78 is 11.2. The van der Waals surface area contributed by atoms with Crippen LogP contribution in [-0.4, -0.2) is 66.6 Å². The van der Waals surface area contributed by atoms with Gasteiger partial charge in [0, 0.05) is 44.5 Å². The molecule has 1 N–H and O–H groups in total. The topological polar surface area (TPSA) is 66.9 Å². The zero-order valence-electron chi connectivity index (χ0n) is 21.9. The molecule has 1 aromatic rings. The molecule has 2 aliphatic heterocycles. The number of rotatable bonds is 10. The minimum atomic E-state index is 0.147. The van der Waals surface area contributed by atoms with Crippen LogP contribution in [0.25, 0.3) is 0 Å². The minimum absolute atomic E-state index is 0.147. The summed E-state index contributed by atoms with van der Waals surface area (Å²) in [4.78, 5) is 21.4. The molecule has 7 nitrogen and oxygen atoms in total. The molecule has 0 aliphatic carbocycles. The average molecular weight is 483 g/mol. The van der Waals surface area contributed by atoms with Crippen LogP contribution in [0.15, 0.2) is 61.0 Å². The van der Waals surface area contributed by atoms with Gasteiger partial charge < -0.3 is 24.6 Å². The molecule has 0 unspecified atom stereocenters. The number of pyridine rings is 1. The molecule has 1 amide bonds. The molecule has 0 radical (unpaired) electrons.